The highest BCUT2D eigenvalue weighted by Crippen LogP contribution is 2.27. The highest BCUT2D eigenvalue weighted by Gasteiger charge is 2.38. The first-order chi connectivity index (χ1) is 15.5. The summed E-state index contributed by atoms with van der Waals surface area (Å²) in [5.74, 6) is 1.56. The van der Waals surface area contributed by atoms with Crippen LogP contribution >= 0.6 is 0 Å². The lowest BCUT2D eigenvalue weighted by Crippen LogP contribution is -2.56. The lowest BCUT2D eigenvalue weighted by Gasteiger charge is -2.37. The number of carbonyl (C=O) groups excluding carboxylic acids is 3. The molecule has 0 radical (unpaired) electrons. The number of ether oxygens (including phenoxy) is 1. The summed E-state index contributed by atoms with van der Waals surface area (Å²) in [7, 11) is 0. The van der Waals surface area contributed by atoms with E-state index in [1.54, 1.807) is 58.9 Å². The molecule has 0 heterocycles. The third-order valence-electron chi connectivity index (χ3n) is 4.75. The van der Waals surface area contributed by atoms with Crippen LogP contribution in [0.1, 0.15) is 71.6 Å². The molecule has 0 aromatic heterocycles. The number of nitrogens with one attached hydrogen (secondary N) is 2. The Bertz CT molecular complexity index is 854. The van der Waals surface area contributed by atoms with Gasteiger partial charge >= 0.3 is 6.09 Å². The van der Waals surface area contributed by atoms with Gasteiger partial charge in [0.2, 0.25) is 11.8 Å². The van der Waals surface area contributed by atoms with E-state index in [1.807, 2.05) is 6.92 Å². The van der Waals surface area contributed by atoms with E-state index >= 15 is 0 Å². The van der Waals surface area contributed by atoms with Gasteiger partial charge in [0.15, 0.2) is 0 Å². The molecular weight excluding hydrogens is 422 g/mol. The van der Waals surface area contributed by atoms with Gasteiger partial charge in [0.25, 0.3) is 0 Å². The number of aliphatic hydroxyl groups excluding tert-OH is 1. The lowest BCUT2D eigenvalue weighted by atomic mass is 9.96. The van der Waals surface area contributed by atoms with Crippen LogP contribution < -0.4 is 10.6 Å². The number of terminal acetylenes is 1. The van der Waals surface area contributed by atoms with E-state index in [9.17, 15) is 19.5 Å². The predicted molar refractivity (Wildman–Crippen MR) is 127 cm³/mol. The van der Waals surface area contributed by atoms with Crippen LogP contribution in [0.4, 0.5) is 4.79 Å². The highest BCUT2D eigenvalue weighted by molar-refractivity contribution is 5.92. The minimum atomic E-state index is -1.30. The van der Waals surface area contributed by atoms with Crippen LogP contribution in [0.2, 0.25) is 0 Å². The summed E-state index contributed by atoms with van der Waals surface area (Å²) < 4.78 is 5.22. The van der Waals surface area contributed by atoms with E-state index in [4.69, 9.17) is 11.2 Å². The molecule has 1 aromatic carbocycles. The van der Waals surface area contributed by atoms with Gasteiger partial charge in [0.05, 0.1) is 6.61 Å². The monoisotopic (exact) mass is 459 g/mol. The molecule has 0 aliphatic rings. The molecule has 3 N–H and O–H groups in total. The number of unbranched alkanes of at least 4 members (excludes halogenated alkanes) is 1. The third-order valence-corrected chi connectivity index (χ3v) is 4.75. The summed E-state index contributed by atoms with van der Waals surface area (Å²) in [6, 6.07) is 4.12. The molecular formula is C25H37N3O5. The topological polar surface area (TPSA) is 108 Å². The number of carbonyl (C=O) groups is 3. The molecule has 0 bridgehead atoms. The van der Waals surface area contributed by atoms with Crippen LogP contribution in [0.15, 0.2) is 24.3 Å². The largest absolute Gasteiger partial charge is 0.444 e. The fourth-order valence-electron chi connectivity index (χ4n) is 3.26. The van der Waals surface area contributed by atoms with Crippen molar-refractivity contribution in [2.45, 2.75) is 78.1 Å². The third kappa shape index (κ3) is 8.43. The van der Waals surface area contributed by atoms with E-state index in [0.29, 0.717) is 17.7 Å². The summed E-state index contributed by atoms with van der Waals surface area (Å²) in [5.41, 5.74) is 0.190. The fourth-order valence-corrected chi connectivity index (χ4v) is 3.26. The average Bonchev–Trinajstić information content (AvgIpc) is 2.73. The minimum absolute atomic E-state index is 0.387. The molecule has 0 aliphatic heterocycles. The van der Waals surface area contributed by atoms with Crippen molar-refractivity contribution in [1.82, 2.24) is 15.5 Å². The molecule has 0 spiro atoms. The van der Waals surface area contributed by atoms with Crippen LogP contribution in [-0.2, 0) is 14.3 Å². The van der Waals surface area contributed by atoms with Gasteiger partial charge in [-0.2, -0.15) is 0 Å². The maximum absolute atomic E-state index is 13.5. The number of hydrogen-bond acceptors (Lipinski definition) is 5. The molecule has 2 atom stereocenters. The maximum Gasteiger partial charge on any atom is 0.408 e. The fraction of sp³-hybridized carbons (Fsp3) is 0.560. The van der Waals surface area contributed by atoms with E-state index in [2.05, 4.69) is 16.6 Å². The van der Waals surface area contributed by atoms with Gasteiger partial charge in [-0.05, 0) is 52.7 Å². The zero-order valence-electron chi connectivity index (χ0n) is 20.5. The van der Waals surface area contributed by atoms with Crippen molar-refractivity contribution >= 4 is 17.9 Å². The smallest absolute Gasteiger partial charge is 0.408 e. The maximum atomic E-state index is 13.5. The zero-order valence-corrected chi connectivity index (χ0v) is 20.5. The van der Waals surface area contributed by atoms with Crippen LogP contribution in [0.25, 0.3) is 0 Å². The Morgan fingerprint density at radius 3 is 2.36 bits per heavy atom. The van der Waals surface area contributed by atoms with Crippen molar-refractivity contribution in [3.8, 4) is 12.3 Å². The summed E-state index contributed by atoms with van der Waals surface area (Å²) in [6.45, 7) is 10.4. The molecule has 8 heteroatoms. The minimum Gasteiger partial charge on any atom is -0.444 e. The second kappa shape index (κ2) is 12.9. The summed E-state index contributed by atoms with van der Waals surface area (Å²) in [5, 5.41) is 15.2. The Hall–Kier alpha value is -3.05. The van der Waals surface area contributed by atoms with Crippen LogP contribution in [0.3, 0.4) is 0 Å². The normalized spacial score (nSPS) is 12.9. The standard InChI is InChI=1S/C25H37N3O5/c1-8-10-15-26-22(30)21(19-14-12-11-13-18(19)9-2)28(17(3)4)23(31)20(16-29)27-24(32)33-25(5,6)7/h2,11-14,17,20-21,29H,8,10,15-16H2,1,3-7H3,(H,26,30)(H,27,32). The molecule has 0 saturated heterocycles. The van der Waals surface area contributed by atoms with Gasteiger partial charge in [0, 0.05) is 18.2 Å². The van der Waals surface area contributed by atoms with E-state index < -0.39 is 42.3 Å². The molecule has 3 amide bonds. The van der Waals surface area contributed by atoms with E-state index in [0.717, 1.165) is 12.8 Å². The number of alkyl carbamates (subject to hydrolysis) is 1. The summed E-state index contributed by atoms with van der Waals surface area (Å²) in [4.78, 5) is 40.4. The SMILES string of the molecule is C#Cc1ccccc1C(C(=O)NCCCC)N(C(=O)C(CO)NC(=O)OC(C)(C)C)C(C)C. The Labute approximate surface area is 197 Å². The average molecular weight is 460 g/mol. The Kier molecular flexibility index (Phi) is 10.9. The molecule has 8 nitrogen and oxygen atoms in total. The Morgan fingerprint density at radius 1 is 1.21 bits per heavy atom. The first-order valence-corrected chi connectivity index (χ1v) is 11.2. The van der Waals surface area contributed by atoms with Crippen molar-refractivity contribution in [1.29, 1.82) is 0 Å². The second-order valence-electron chi connectivity index (χ2n) is 9.00. The van der Waals surface area contributed by atoms with Gasteiger partial charge < -0.3 is 25.4 Å². The van der Waals surface area contributed by atoms with E-state index in [-0.39, 0.29) is 5.91 Å². The van der Waals surface area contributed by atoms with Crippen LogP contribution in [-0.4, -0.2) is 58.8 Å². The molecule has 0 aliphatic carbocycles. The number of hydrogen-bond donors (Lipinski definition) is 3. The summed E-state index contributed by atoms with van der Waals surface area (Å²) in [6.07, 6.45) is 6.51. The van der Waals surface area contributed by atoms with Gasteiger partial charge in [-0.25, -0.2) is 4.79 Å². The Morgan fingerprint density at radius 2 is 1.85 bits per heavy atom. The first kappa shape index (κ1) is 28.0. The number of benzene rings is 1. The number of nitrogens with zero attached hydrogens (tertiary/aromatic N) is 1. The molecule has 0 fully saturated rings. The van der Waals surface area contributed by atoms with Gasteiger partial charge in [-0.1, -0.05) is 37.5 Å². The number of aliphatic hydroxyl groups is 1. The lowest BCUT2D eigenvalue weighted by molar-refractivity contribution is -0.145. The molecule has 33 heavy (non-hydrogen) atoms. The van der Waals surface area contributed by atoms with Crippen LogP contribution in [0.5, 0.6) is 0 Å². The zero-order chi connectivity index (χ0) is 25.2. The van der Waals surface area contributed by atoms with Crippen molar-refractivity contribution in [2.75, 3.05) is 13.2 Å². The molecule has 0 saturated carbocycles. The van der Waals surface area contributed by atoms with Gasteiger partial charge in [0.1, 0.15) is 17.7 Å². The summed E-state index contributed by atoms with van der Waals surface area (Å²) >= 11 is 0. The van der Waals surface area contributed by atoms with Crippen molar-refractivity contribution in [2.24, 2.45) is 0 Å². The quantitative estimate of drug-likeness (QED) is 0.368. The molecule has 2 unspecified atom stereocenters. The van der Waals surface area contributed by atoms with Gasteiger partial charge in [-0.3, -0.25) is 9.59 Å². The van der Waals surface area contributed by atoms with Crippen molar-refractivity contribution in [3.05, 3.63) is 35.4 Å². The molecule has 1 aromatic rings. The second-order valence-corrected chi connectivity index (χ2v) is 9.00. The van der Waals surface area contributed by atoms with Crippen LogP contribution in [0, 0.1) is 12.3 Å². The van der Waals surface area contributed by atoms with Crippen molar-refractivity contribution < 1.29 is 24.2 Å². The number of amides is 3. The Balaban J connectivity index is 3.39. The molecule has 182 valence electrons. The van der Waals surface area contributed by atoms with Gasteiger partial charge in [-0.15, -0.1) is 6.42 Å². The molecule has 1 rings (SSSR count). The predicted octanol–water partition coefficient (Wildman–Crippen LogP) is 2.75. The first-order valence-electron chi connectivity index (χ1n) is 11.2. The number of rotatable bonds is 10. The van der Waals surface area contributed by atoms with Crippen molar-refractivity contribution in [3.63, 3.8) is 0 Å². The van der Waals surface area contributed by atoms with E-state index in [1.165, 1.54) is 4.90 Å². The highest BCUT2D eigenvalue weighted by atomic mass is 16.6.